The van der Waals surface area contributed by atoms with Crippen molar-refractivity contribution in [3.8, 4) is 5.69 Å². The number of rotatable bonds is 6. The van der Waals surface area contributed by atoms with Gasteiger partial charge in [0, 0.05) is 24.3 Å². The largest absolute Gasteiger partial charge is 0.418 e. The molecule has 1 amide bonds. The Morgan fingerprint density at radius 2 is 1.90 bits per heavy atom. The van der Waals surface area contributed by atoms with Gasteiger partial charge in [-0.1, -0.05) is 26.0 Å². The van der Waals surface area contributed by atoms with E-state index in [1.807, 2.05) is 13.8 Å². The summed E-state index contributed by atoms with van der Waals surface area (Å²) < 4.78 is 41.0. The highest BCUT2D eigenvalue weighted by Gasteiger charge is 2.34. The Hall–Kier alpha value is -2.39. The molecule has 1 atom stereocenters. The molecule has 3 N–H and O–H groups in total. The van der Waals surface area contributed by atoms with Crippen LogP contribution in [0.25, 0.3) is 5.69 Å². The molecule has 160 valence electrons. The van der Waals surface area contributed by atoms with Crippen LogP contribution in [-0.2, 0) is 6.18 Å². The van der Waals surface area contributed by atoms with Crippen molar-refractivity contribution in [1.82, 2.24) is 15.1 Å². The van der Waals surface area contributed by atoms with Crippen LogP contribution in [0.3, 0.4) is 0 Å². The van der Waals surface area contributed by atoms with Gasteiger partial charge >= 0.3 is 6.18 Å². The lowest BCUT2D eigenvalue weighted by Crippen LogP contribution is -2.43. The van der Waals surface area contributed by atoms with Crippen LogP contribution in [0.4, 0.5) is 13.2 Å². The lowest BCUT2D eigenvalue weighted by molar-refractivity contribution is -0.137. The van der Waals surface area contributed by atoms with E-state index >= 15 is 0 Å². The first-order valence-electron chi connectivity index (χ1n) is 8.83. The van der Waals surface area contributed by atoms with Gasteiger partial charge in [-0.2, -0.15) is 18.3 Å². The molecular formula is C19H24ClF3N4O2. The van der Waals surface area contributed by atoms with Crippen LogP contribution in [0.1, 0.15) is 42.0 Å². The lowest BCUT2D eigenvalue weighted by atomic mass is 10.0. The van der Waals surface area contributed by atoms with Gasteiger partial charge < -0.3 is 11.1 Å². The van der Waals surface area contributed by atoms with Crippen molar-refractivity contribution in [1.29, 1.82) is 0 Å². The molecule has 29 heavy (non-hydrogen) atoms. The summed E-state index contributed by atoms with van der Waals surface area (Å²) in [5, 5.41) is 6.57. The average molecular weight is 433 g/mol. The SMILES string of the molecule is Cc1cc(=O)c(C(=O)NC(CN)CC(C)C)nn1-c1ccccc1C(F)(F)F.Cl. The first-order valence-corrected chi connectivity index (χ1v) is 8.83. The Morgan fingerprint density at radius 1 is 1.28 bits per heavy atom. The number of carbonyl (C=O) groups excluding carboxylic acids is 1. The van der Waals surface area contributed by atoms with Gasteiger partial charge in [-0.05, 0) is 31.4 Å². The van der Waals surface area contributed by atoms with Gasteiger partial charge in [-0.3, -0.25) is 9.59 Å². The zero-order valence-electron chi connectivity index (χ0n) is 16.3. The van der Waals surface area contributed by atoms with E-state index in [9.17, 15) is 22.8 Å². The number of alkyl halides is 3. The zero-order valence-corrected chi connectivity index (χ0v) is 17.1. The number of carbonyl (C=O) groups is 1. The second kappa shape index (κ2) is 9.89. The van der Waals surface area contributed by atoms with Crippen molar-refractivity contribution in [2.45, 2.75) is 39.4 Å². The van der Waals surface area contributed by atoms with E-state index in [4.69, 9.17) is 5.73 Å². The van der Waals surface area contributed by atoms with Crippen LogP contribution in [-0.4, -0.2) is 28.3 Å². The van der Waals surface area contributed by atoms with Crippen molar-refractivity contribution in [3.05, 3.63) is 57.5 Å². The smallest absolute Gasteiger partial charge is 0.347 e. The second-order valence-corrected chi connectivity index (χ2v) is 6.96. The van der Waals surface area contributed by atoms with Crippen LogP contribution in [0.2, 0.25) is 0 Å². The molecule has 0 saturated carbocycles. The molecule has 2 rings (SSSR count). The minimum absolute atomic E-state index is 0. The molecule has 0 aliphatic rings. The van der Waals surface area contributed by atoms with E-state index in [0.717, 1.165) is 16.8 Å². The Morgan fingerprint density at radius 3 is 2.45 bits per heavy atom. The maximum absolute atomic E-state index is 13.3. The fourth-order valence-corrected chi connectivity index (χ4v) is 2.88. The minimum atomic E-state index is -4.61. The highest BCUT2D eigenvalue weighted by molar-refractivity contribution is 5.92. The highest BCUT2D eigenvalue weighted by Crippen LogP contribution is 2.33. The van der Waals surface area contributed by atoms with Gasteiger partial charge in [0.25, 0.3) is 5.91 Å². The standard InChI is InChI=1S/C19H23F3N4O2.ClH/c1-11(2)8-13(10-23)24-18(28)17-16(27)9-12(3)26(25-17)15-7-5-4-6-14(15)19(20,21)22;/h4-7,9,11,13H,8,10,23H2,1-3H3,(H,24,28);1H. The van der Waals surface area contributed by atoms with Gasteiger partial charge in [0.05, 0.1) is 11.3 Å². The number of benzene rings is 1. The molecule has 0 saturated heterocycles. The van der Waals surface area contributed by atoms with Gasteiger partial charge in [-0.15, -0.1) is 12.4 Å². The quantitative estimate of drug-likeness (QED) is 0.734. The van der Waals surface area contributed by atoms with Crippen molar-refractivity contribution >= 4 is 18.3 Å². The molecule has 0 radical (unpaired) electrons. The number of nitrogens with zero attached hydrogens (tertiary/aromatic N) is 2. The van der Waals surface area contributed by atoms with E-state index < -0.39 is 28.8 Å². The van der Waals surface area contributed by atoms with Gasteiger partial charge in [0.2, 0.25) is 5.43 Å². The van der Waals surface area contributed by atoms with Gasteiger partial charge in [-0.25, -0.2) is 4.68 Å². The Balaban J connectivity index is 0.00000420. The summed E-state index contributed by atoms with van der Waals surface area (Å²) in [6.45, 7) is 5.53. The molecule has 0 aliphatic carbocycles. The monoisotopic (exact) mass is 432 g/mol. The maximum atomic E-state index is 13.3. The van der Waals surface area contributed by atoms with Gasteiger partial charge in [0.15, 0.2) is 5.69 Å². The lowest BCUT2D eigenvalue weighted by Gasteiger charge is -2.19. The molecule has 0 spiro atoms. The normalized spacial score (nSPS) is 12.4. The summed E-state index contributed by atoms with van der Waals surface area (Å²) in [5.41, 5.74) is 3.50. The molecular weight excluding hydrogens is 409 g/mol. The number of nitrogens with two attached hydrogens (primary N) is 1. The van der Waals surface area contributed by atoms with Crippen LogP contribution in [0.5, 0.6) is 0 Å². The number of hydrogen-bond donors (Lipinski definition) is 2. The molecule has 0 fully saturated rings. The van der Waals surface area contributed by atoms with Crippen LogP contribution < -0.4 is 16.5 Å². The molecule has 2 aromatic rings. The molecule has 1 aromatic carbocycles. The molecule has 1 heterocycles. The van der Waals surface area contributed by atoms with E-state index in [-0.39, 0.29) is 42.3 Å². The molecule has 0 bridgehead atoms. The summed E-state index contributed by atoms with van der Waals surface area (Å²) in [5.74, 6) is -0.505. The van der Waals surface area contributed by atoms with Crippen LogP contribution in [0.15, 0.2) is 35.1 Å². The van der Waals surface area contributed by atoms with Crippen LogP contribution >= 0.6 is 12.4 Å². The topological polar surface area (TPSA) is 90.0 Å². The second-order valence-electron chi connectivity index (χ2n) is 6.96. The molecule has 10 heteroatoms. The molecule has 0 aliphatic heterocycles. The molecule has 1 unspecified atom stereocenters. The van der Waals surface area contributed by atoms with Crippen LogP contribution in [0, 0.1) is 12.8 Å². The fourth-order valence-electron chi connectivity index (χ4n) is 2.88. The van der Waals surface area contributed by atoms with Gasteiger partial charge in [0.1, 0.15) is 0 Å². The van der Waals surface area contributed by atoms with Crippen molar-refractivity contribution < 1.29 is 18.0 Å². The first-order chi connectivity index (χ1) is 13.0. The predicted octanol–water partition coefficient (Wildman–Crippen LogP) is 3.08. The predicted molar refractivity (Wildman–Crippen MR) is 107 cm³/mol. The summed E-state index contributed by atoms with van der Waals surface area (Å²) in [4.78, 5) is 24.8. The van der Waals surface area contributed by atoms with E-state index in [1.54, 1.807) is 0 Å². The summed E-state index contributed by atoms with van der Waals surface area (Å²) in [7, 11) is 0. The zero-order chi connectivity index (χ0) is 21.1. The summed E-state index contributed by atoms with van der Waals surface area (Å²) in [6, 6.07) is 5.56. The van der Waals surface area contributed by atoms with E-state index in [1.165, 1.54) is 25.1 Å². The molecule has 1 aromatic heterocycles. The average Bonchev–Trinajstić information content (AvgIpc) is 2.60. The van der Waals surface area contributed by atoms with Crippen molar-refractivity contribution in [2.24, 2.45) is 11.7 Å². The number of halogens is 4. The van der Waals surface area contributed by atoms with E-state index in [2.05, 4.69) is 10.4 Å². The number of aromatic nitrogens is 2. The first kappa shape index (κ1) is 24.6. The third-order valence-electron chi connectivity index (χ3n) is 4.14. The summed E-state index contributed by atoms with van der Waals surface area (Å²) in [6.07, 6.45) is -4.02. The summed E-state index contributed by atoms with van der Waals surface area (Å²) >= 11 is 0. The number of para-hydroxylation sites is 1. The van der Waals surface area contributed by atoms with E-state index in [0.29, 0.717) is 6.42 Å². The van der Waals surface area contributed by atoms with Crippen molar-refractivity contribution in [2.75, 3.05) is 6.54 Å². The number of nitrogens with one attached hydrogen (secondary N) is 1. The number of amides is 1. The van der Waals surface area contributed by atoms with Crippen molar-refractivity contribution in [3.63, 3.8) is 0 Å². The molecule has 6 nitrogen and oxygen atoms in total. The number of hydrogen-bond acceptors (Lipinski definition) is 4. The Kier molecular flexibility index (Phi) is 8.40. The fraction of sp³-hybridized carbons (Fsp3) is 0.421. The highest BCUT2D eigenvalue weighted by atomic mass is 35.5. The number of aryl methyl sites for hydroxylation is 1. The minimum Gasteiger partial charge on any atom is -0.347 e. The Bertz CT molecular complexity index is 913. The third-order valence-corrected chi connectivity index (χ3v) is 4.14. The third kappa shape index (κ3) is 6.04. The maximum Gasteiger partial charge on any atom is 0.418 e. The Labute approximate surface area is 172 Å².